The first-order valence-corrected chi connectivity index (χ1v) is 6.30. The molecule has 0 spiro atoms. The summed E-state index contributed by atoms with van der Waals surface area (Å²) in [6.07, 6.45) is 0. The van der Waals surface area contributed by atoms with Gasteiger partial charge in [-0.05, 0) is 18.2 Å². The number of carbonyl (C=O) groups is 2. The molecule has 1 aromatic rings. The number of carboxylic acids is 2. The Labute approximate surface area is 108 Å². The molecule has 0 fully saturated rings. The maximum Gasteiger partial charge on any atom is 0.335 e. The van der Waals surface area contributed by atoms with Crippen molar-refractivity contribution in [1.29, 1.82) is 0 Å². The highest BCUT2D eigenvalue weighted by Gasteiger charge is 2.20. The largest absolute Gasteiger partial charge is 0.478 e. The predicted molar refractivity (Wildman–Crippen MR) is 60.6 cm³/mol. The minimum absolute atomic E-state index is 0.494. The van der Waals surface area contributed by atoms with Crippen LogP contribution in [0.1, 0.15) is 20.7 Å². The van der Waals surface area contributed by atoms with Crippen LogP contribution >= 0.6 is 0 Å². The van der Waals surface area contributed by atoms with Gasteiger partial charge < -0.3 is 15.3 Å². The lowest BCUT2D eigenvalue weighted by molar-refractivity contribution is 0.0696. The maximum absolute atomic E-state index is 11.6. The third-order valence-corrected chi connectivity index (χ3v) is 3.31. The summed E-state index contributed by atoms with van der Waals surface area (Å²) >= 11 is 0. The number of carboxylic acid groups (broad SMARTS) is 2. The lowest BCUT2D eigenvalue weighted by Gasteiger charge is -2.06. The molecule has 0 unspecified atom stereocenters. The molecule has 0 radical (unpaired) electrons. The van der Waals surface area contributed by atoms with Crippen molar-refractivity contribution in [3.05, 3.63) is 29.3 Å². The fourth-order valence-corrected chi connectivity index (χ4v) is 2.18. The normalized spacial score (nSPS) is 11.2. The summed E-state index contributed by atoms with van der Waals surface area (Å²) in [6.45, 7) is -1.06. The van der Waals surface area contributed by atoms with E-state index in [4.69, 9.17) is 15.3 Å². The van der Waals surface area contributed by atoms with E-state index in [1.807, 2.05) is 0 Å². The second-order valence-corrected chi connectivity index (χ2v) is 4.97. The molecule has 0 heterocycles. The Morgan fingerprint density at radius 1 is 1.05 bits per heavy atom. The number of hydrogen-bond donors (Lipinski definition) is 3. The van der Waals surface area contributed by atoms with E-state index in [2.05, 4.69) is 4.18 Å². The Morgan fingerprint density at radius 2 is 1.53 bits per heavy atom. The Kier molecular flexibility index (Phi) is 4.59. The predicted octanol–water partition coefficient (Wildman–Crippen LogP) is -0.219. The molecule has 0 saturated carbocycles. The van der Waals surface area contributed by atoms with Crippen LogP contribution in [0.15, 0.2) is 23.1 Å². The average Bonchev–Trinajstić information content (AvgIpc) is 2.35. The summed E-state index contributed by atoms with van der Waals surface area (Å²) in [5.74, 6) is -2.94. The van der Waals surface area contributed by atoms with E-state index in [-0.39, 0.29) is 0 Å². The number of aliphatic hydroxyl groups excluding tert-OH is 1. The smallest absolute Gasteiger partial charge is 0.335 e. The van der Waals surface area contributed by atoms with Gasteiger partial charge in [0.05, 0.1) is 29.2 Å². The first-order chi connectivity index (χ1) is 8.77. The molecular formula is C10H10O8S. The Balaban J connectivity index is 3.35. The second-order valence-electron chi connectivity index (χ2n) is 3.36. The molecule has 3 N–H and O–H groups in total. The van der Waals surface area contributed by atoms with Crippen LogP contribution in [-0.4, -0.2) is 48.9 Å². The van der Waals surface area contributed by atoms with Crippen LogP contribution in [-0.2, 0) is 14.3 Å². The molecule has 0 amide bonds. The molecule has 0 aromatic heterocycles. The van der Waals surface area contributed by atoms with Crippen molar-refractivity contribution in [2.45, 2.75) is 4.90 Å². The van der Waals surface area contributed by atoms with Crippen LogP contribution in [0, 0.1) is 0 Å². The molecule has 0 saturated heterocycles. The second kappa shape index (κ2) is 5.78. The van der Waals surface area contributed by atoms with Crippen molar-refractivity contribution in [2.24, 2.45) is 0 Å². The lowest BCUT2D eigenvalue weighted by atomic mass is 10.1. The molecule has 0 bridgehead atoms. The van der Waals surface area contributed by atoms with Gasteiger partial charge in [0.2, 0.25) is 0 Å². The zero-order valence-corrected chi connectivity index (χ0v) is 10.3. The van der Waals surface area contributed by atoms with Crippen LogP contribution in [0.3, 0.4) is 0 Å². The number of hydrogen-bond acceptors (Lipinski definition) is 6. The van der Waals surface area contributed by atoms with Crippen molar-refractivity contribution < 1.29 is 37.5 Å². The number of benzene rings is 1. The summed E-state index contributed by atoms with van der Waals surface area (Å²) in [4.78, 5) is 21.0. The van der Waals surface area contributed by atoms with E-state index >= 15 is 0 Å². The lowest BCUT2D eigenvalue weighted by Crippen LogP contribution is -2.12. The Bertz CT molecular complexity index is 572. The number of aliphatic hydroxyl groups is 1. The van der Waals surface area contributed by atoms with E-state index in [1.165, 1.54) is 0 Å². The highest BCUT2D eigenvalue weighted by molar-refractivity contribution is 7.86. The third-order valence-electron chi connectivity index (χ3n) is 2.02. The van der Waals surface area contributed by atoms with Crippen LogP contribution in [0.2, 0.25) is 0 Å². The van der Waals surface area contributed by atoms with Gasteiger partial charge in [0, 0.05) is 0 Å². The summed E-state index contributed by atoms with van der Waals surface area (Å²) in [5.41, 5.74) is -0.989. The zero-order valence-electron chi connectivity index (χ0n) is 9.44. The Morgan fingerprint density at radius 3 is 1.89 bits per heavy atom. The van der Waals surface area contributed by atoms with Crippen LogP contribution in [0.5, 0.6) is 0 Å². The molecule has 0 aliphatic carbocycles. The van der Waals surface area contributed by atoms with Gasteiger partial charge in [-0.25, -0.2) is 9.59 Å². The quantitative estimate of drug-likeness (QED) is 0.611. The van der Waals surface area contributed by atoms with Gasteiger partial charge in [0.25, 0.3) is 10.1 Å². The minimum Gasteiger partial charge on any atom is -0.478 e. The van der Waals surface area contributed by atoms with Crippen molar-refractivity contribution >= 4 is 22.1 Å². The van der Waals surface area contributed by atoms with E-state index < -0.39 is 51.3 Å². The van der Waals surface area contributed by atoms with Gasteiger partial charge in [0.1, 0.15) is 0 Å². The van der Waals surface area contributed by atoms with Gasteiger partial charge in [-0.15, -0.1) is 0 Å². The molecular weight excluding hydrogens is 280 g/mol. The summed E-state index contributed by atoms with van der Waals surface area (Å²) in [7, 11) is -4.32. The molecule has 19 heavy (non-hydrogen) atoms. The van der Waals surface area contributed by atoms with Crippen LogP contribution < -0.4 is 0 Å². The Hall–Kier alpha value is -1.97. The fourth-order valence-electron chi connectivity index (χ4n) is 1.21. The van der Waals surface area contributed by atoms with Crippen LogP contribution in [0.25, 0.3) is 0 Å². The number of rotatable bonds is 6. The summed E-state index contributed by atoms with van der Waals surface area (Å²) in [6, 6.07) is 2.39. The molecule has 1 aromatic carbocycles. The summed E-state index contributed by atoms with van der Waals surface area (Å²) < 4.78 is 27.6. The standard InChI is InChI=1S/C10H10O8S/c11-1-2-18-19(16,17)8-4-6(9(12)13)3-7(5-8)10(14)15/h3-5,11H,1-2H2,(H,12,13)(H,14,15). The van der Waals surface area contributed by atoms with Gasteiger partial charge in [-0.2, -0.15) is 8.42 Å². The van der Waals surface area contributed by atoms with E-state index in [0.717, 1.165) is 18.2 Å². The average molecular weight is 290 g/mol. The van der Waals surface area contributed by atoms with Gasteiger partial charge in [-0.1, -0.05) is 0 Å². The van der Waals surface area contributed by atoms with Gasteiger partial charge >= 0.3 is 11.9 Å². The molecule has 1 rings (SSSR count). The van der Waals surface area contributed by atoms with Crippen molar-refractivity contribution in [2.75, 3.05) is 13.2 Å². The zero-order chi connectivity index (χ0) is 14.6. The van der Waals surface area contributed by atoms with E-state index in [1.54, 1.807) is 0 Å². The molecule has 9 heteroatoms. The van der Waals surface area contributed by atoms with E-state index in [9.17, 15) is 18.0 Å². The molecule has 0 atom stereocenters. The highest BCUT2D eigenvalue weighted by atomic mass is 32.2. The topological polar surface area (TPSA) is 138 Å². The van der Waals surface area contributed by atoms with Crippen molar-refractivity contribution in [1.82, 2.24) is 0 Å². The minimum atomic E-state index is -4.32. The molecule has 104 valence electrons. The van der Waals surface area contributed by atoms with Crippen LogP contribution in [0.4, 0.5) is 0 Å². The van der Waals surface area contributed by atoms with Gasteiger partial charge in [0.15, 0.2) is 0 Å². The first-order valence-electron chi connectivity index (χ1n) is 4.90. The maximum atomic E-state index is 11.6. The highest BCUT2D eigenvalue weighted by Crippen LogP contribution is 2.18. The summed E-state index contributed by atoms with van der Waals surface area (Å²) in [5, 5.41) is 26.1. The first kappa shape index (κ1) is 15.1. The van der Waals surface area contributed by atoms with Crippen molar-refractivity contribution in [3.8, 4) is 0 Å². The molecule has 8 nitrogen and oxygen atoms in total. The number of aromatic carboxylic acids is 2. The van der Waals surface area contributed by atoms with E-state index in [0.29, 0.717) is 0 Å². The SMILES string of the molecule is O=C(O)c1cc(C(=O)O)cc(S(=O)(=O)OCCO)c1. The molecule has 0 aliphatic heterocycles. The molecule has 0 aliphatic rings. The van der Waals surface area contributed by atoms with Gasteiger partial charge in [-0.3, -0.25) is 4.18 Å². The van der Waals surface area contributed by atoms with Crippen molar-refractivity contribution in [3.63, 3.8) is 0 Å². The fraction of sp³-hybridized carbons (Fsp3) is 0.200. The third kappa shape index (κ3) is 3.74. The monoisotopic (exact) mass is 290 g/mol.